The summed E-state index contributed by atoms with van der Waals surface area (Å²) in [5.74, 6) is 0.220. The van der Waals surface area contributed by atoms with E-state index in [0.717, 1.165) is 54.7 Å². The summed E-state index contributed by atoms with van der Waals surface area (Å²) in [6.45, 7) is 3.14. The average Bonchev–Trinajstić information content (AvgIpc) is 3.44. The van der Waals surface area contributed by atoms with Gasteiger partial charge in [0.05, 0.1) is 36.4 Å². The number of carbonyl (C=O) groups excluding carboxylic acids is 3. The highest BCUT2D eigenvalue weighted by Gasteiger charge is 2.47. The zero-order valence-corrected chi connectivity index (χ0v) is 26.3. The van der Waals surface area contributed by atoms with Gasteiger partial charge >= 0.3 is 0 Å². The number of nitriles is 1. The van der Waals surface area contributed by atoms with Crippen LogP contribution in [0.5, 0.6) is 5.75 Å². The maximum absolute atomic E-state index is 14.7. The molecule has 0 aromatic heterocycles. The predicted molar refractivity (Wildman–Crippen MR) is 171 cm³/mol. The second kappa shape index (κ2) is 13.5. The van der Waals surface area contributed by atoms with Gasteiger partial charge in [-0.3, -0.25) is 14.4 Å². The van der Waals surface area contributed by atoms with Crippen molar-refractivity contribution in [1.82, 2.24) is 20.9 Å². The lowest BCUT2D eigenvalue weighted by atomic mass is 9.82. The quantitative estimate of drug-likeness (QED) is 0.418. The van der Waals surface area contributed by atoms with E-state index in [9.17, 15) is 19.6 Å². The fourth-order valence-corrected chi connectivity index (χ4v) is 7.74. The fourth-order valence-electron chi connectivity index (χ4n) is 7.74. The van der Waals surface area contributed by atoms with Crippen molar-refractivity contribution in [3.05, 3.63) is 59.2 Å². The summed E-state index contributed by atoms with van der Waals surface area (Å²) in [5, 5.41) is 19.0. The molecule has 0 radical (unpaired) electrons. The number of para-hydroxylation sites is 1. The number of benzene rings is 2. The Kier molecular flexibility index (Phi) is 9.27. The SMILES string of the molecule is CC[C@H](NC)C(=O)N[C@H](C(=O)N1C[C@@H]2Cc3cc(C#N)ccc3N2C[C@H]1C(=O)N[C@@H]1CCOc2ccccc21)C1CCCCC1. The maximum atomic E-state index is 14.7. The molecule has 3 N–H and O–H groups in total. The van der Waals surface area contributed by atoms with Crippen molar-refractivity contribution < 1.29 is 19.1 Å². The molecule has 1 saturated carbocycles. The van der Waals surface area contributed by atoms with Gasteiger partial charge in [0.25, 0.3) is 0 Å². The number of amides is 3. The molecule has 5 atom stereocenters. The number of rotatable bonds is 8. The van der Waals surface area contributed by atoms with Gasteiger partial charge in [-0.15, -0.1) is 0 Å². The Morgan fingerprint density at radius 2 is 1.87 bits per heavy atom. The molecular formula is C35H44N6O4. The van der Waals surface area contributed by atoms with Gasteiger partial charge in [-0.1, -0.05) is 44.4 Å². The van der Waals surface area contributed by atoms with Crippen molar-refractivity contribution in [2.75, 3.05) is 31.6 Å². The van der Waals surface area contributed by atoms with Gasteiger partial charge in [0, 0.05) is 30.8 Å². The summed E-state index contributed by atoms with van der Waals surface area (Å²) in [5.41, 5.74) is 3.60. The molecule has 1 aliphatic carbocycles. The van der Waals surface area contributed by atoms with E-state index in [4.69, 9.17) is 4.74 Å². The van der Waals surface area contributed by atoms with Crippen molar-refractivity contribution in [2.45, 2.75) is 88.5 Å². The third-order valence-corrected chi connectivity index (χ3v) is 10.2. The number of piperazine rings is 1. The lowest BCUT2D eigenvalue weighted by molar-refractivity contribution is -0.146. The molecule has 10 nitrogen and oxygen atoms in total. The zero-order valence-electron chi connectivity index (χ0n) is 26.3. The van der Waals surface area contributed by atoms with Gasteiger partial charge in [0.1, 0.15) is 17.8 Å². The Bertz CT molecular complexity index is 1460. The first-order valence-electron chi connectivity index (χ1n) is 16.5. The number of hydrogen-bond acceptors (Lipinski definition) is 7. The van der Waals surface area contributed by atoms with Gasteiger partial charge < -0.3 is 30.5 Å². The Morgan fingerprint density at radius 1 is 1.07 bits per heavy atom. The van der Waals surface area contributed by atoms with Crippen LogP contribution in [-0.2, 0) is 20.8 Å². The number of hydrogen-bond donors (Lipinski definition) is 3. The number of likely N-dealkylation sites (N-methyl/N-ethyl adjacent to an activating group) is 1. The number of ether oxygens (including phenoxy) is 1. The molecule has 238 valence electrons. The molecule has 4 aliphatic rings. The number of fused-ring (bicyclic) bond motifs is 4. The number of carbonyl (C=O) groups is 3. The van der Waals surface area contributed by atoms with E-state index < -0.39 is 18.1 Å². The summed E-state index contributed by atoms with van der Waals surface area (Å²) in [7, 11) is 1.76. The van der Waals surface area contributed by atoms with E-state index >= 15 is 0 Å². The van der Waals surface area contributed by atoms with E-state index in [2.05, 4.69) is 26.9 Å². The predicted octanol–water partition coefficient (Wildman–Crippen LogP) is 3.20. The van der Waals surface area contributed by atoms with E-state index in [0.29, 0.717) is 44.5 Å². The minimum absolute atomic E-state index is 0.0193. The minimum Gasteiger partial charge on any atom is -0.493 e. The van der Waals surface area contributed by atoms with Gasteiger partial charge in [-0.05, 0) is 68.5 Å². The molecule has 2 aromatic rings. The Balaban J connectivity index is 1.31. The van der Waals surface area contributed by atoms with Crippen molar-refractivity contribution in [2.24, 2.45) is 5.92 Å². The smallest absolute Gasteiger partial charge is 0.246 e. The Morgan fingerprint density at radius 3 is 2.62 bits per heavy atom. The van der Waals surface area contributed by atoms with Crippen LogP contribution >= 0.6 is 0 Å². The van der Waals surface area contributed by atoms with Crippen LogP contribution in [0.25, 0.3) is 0 Å². The summed E-state index contributed by atoms with van der Waals surface area (Å²) in [6.07, 6.45) is 6.84. The Hall–Kier alpha value is -4.10. The average molecular weight is 613 g/mol. The van der Waals surface area contributed by atoms with Gasteiger partial charge in [-0.25, -0.2) is 0 Å². The van der Waals surface area contributed by atoms with Crippen LogP contribution < -0.4 is 25.6 Å². The molecule has 0 unspecified atom stereocenters. The molecule has 3 aliphatic heterocycles. The number of anilines is 1. The monoisotopic (exact) mass is 612 g/mol. The summed E-state index contributed by atoms with van der Waals surface area (Å²) >= 11 is 0. The van der Waals surface area contributed by atoms with Gasteiger partial charge in [0.15, 0.2) is 0 Å². The largest absolute Gasteiger partial charge is 0.493 e. The standard InChI is InChI=1S/C35H44N6O4/c1-3-27(37-2)33(42)39-32(23-9-5-4-6-10-23)35(44)41-20-25-18-24-17-22(19-36)13-14-29(24)40(25)21-30(41)34(43)38-28-15-16-45-31-12-8-7-11-26(28)31/h7-8,11-14,17,23,25,27-28,30,32,37H,3-6,9-10,15-16,18,20-21H2,1-2H3,(H,38,43)(H,39,42)/t25-,27-,28+,30-,32-/m0/s1. The van der Waals surface area contributed by atoms with Crippen LogP contribution in [0.2, 0.25) is 0 Å². The molecule has 2 aromatic carbocycles. The van der Waals surface area contributed by atoms with Crippen LogP contribution in [0, 0.1) is 17.2 Å². The lowest BCUT2D eigenvalue weighted by Gasteiger charge is -2.46. The Labute approximate surface area is 265 Å². The van der Waals surface area contributed by atoms with E-state index in [1.807, 2.05) is 49.4 Å². The third-order valence-electron chi connectivity index (χ3n) is 10.2. The first-order chi connectivity index (χ1) is 21.9. The molecule has 2 fully saturated rings. The highest BCUT2D eigenvalue weighted by Crippen LogP contribution is 2.38. The van der Waals surface area contributed by atoms with Crippen LogP contribution in [0.15, 0.2) is 42.5 Å². The van der Waals surface area contributed by atoms with Crippen LogP contribution in [-0.4, -0.2) is 73.5 Å². The van der Waals surface area contributed by atoms with Crippen LogP contribution in [0.3, 0.4) is 0 Å². The topological polar surface area (TPSA) is 127 Å². The zero-order chi connectivity index (χ0) is 31.5. The van der Waals surface area contributed by atoms with Crippen LogP contribution in [0.1, 0.15) is 74.6 Å². The van der Waals surface area contributed by atoms with Crippen molar-refractivity contribution in [1.29, 1.82) is 5.26 Å². The molecule has 10 heteroatoms. The lowest BCUT2D eigenvalue weighted by Crippen LogP contribution is -2.67. The van der Waals surface area contributed by atoms with E-state index in [1.54, 1.807) is 11.9 Å². The molecule has 1 saturated heterocycles. The molecule has 0 bridgehead atoms. The molecular weight excluding hydrogens is 568 g/mol. The third kappa shape index (κ3) is 6.23. The highest BCUT2D eigenvalue weighted by atomic mass is 16.5. The molecule has 6 rings (SSSR count). The number of nitrogens with zero attached hydrogens (tertiary/aromatic N) is 3. The summed E-state index contributed by atoms with van der Waals surface area (Å²) in [4.78, 5) is 46.4. The second-order valence-electron chi connectivity index (χ2n) is 12.8. The molecule has 3 amide bonds. The molecule has 45 heavy (non-hydrogen) atoms. The van der Waals surface area contributed by atoms with E-state index in [-0.39, 0.29) is 35.7 Å². The normalized spacial score (nSPS) is 23.8. The summed E-state index contributed by atoms with van der Waals surface area (Å²) < 4.78 is 5.84. The second-order valence-corrected chi connectivity index (χ2v) is 12.8. The minimum atomic E-state index is -0.750. The fraction of sp³-hybridized carbons (Fsp3) is 0.543. The molecule has 3 heterocycles. The first-order valence-corrected chi connectivity index (χ1v) is 16.5. The van der Waals surface area contributed by atoms with Gasteiger partial charge in [0.2, 0.25) is 17.7 Å². The van der Waals surface area contributed by atoms with Crippen molar-refractivity contribution >= 4 is 23.4 Å². The summed E-state index contributed by atoms with van der Waals surface area (Å²) in [6, 6.07) is 13.6. The van der Waals surface area contributed by atoms with Gasteiger partial charge in [-0.2, -0.15) is 5.26 Å². The van der Waals surface area contributed by atoms with E-state index in [1.165, 1.54) is 0 Å². The number of nitrogens with one attached hydrogen (secondary N) is 3. The highest BCUT2D eigenvalue weighted by molar-refractivity contribution is 5.94. The molecule has 0 spiro atoms. The van der Waals surface area contributed by atoms with Crippen molar-refractivity contribution in [3.8, 4) is 11.8 Å². The van der Waals surface area contributed by atoms with Crippen LogP contribution in [0.4, 0.5) is 5.69 Å². The van der Waals surface area contributed by atoms with Crippen molar-refractivity contribution in [3.63, 3.8) is 0 Å². The maximum Gasteiger partial charge on any atom is 0.246 e. The first kappa shape index (κ1) is 30.9.